The quantitative estimate of drug-likeness (QED) is 0.470. The predicted molar refractivity (Wildman–Crippen MR) is 79.0 cm³/mol. The van der Waals surface area contributed by atoms with Crippen molar-refractivity contribution in [1.29, 1.82) is 0 Å². The van der Waals surface area contributed by atoms with Gasteiger partial charge in [0.15, 0.2) is 0 Å². The highest BCUT2D eigenvalue weighted by Gasteiger charge is 2.04. The molecule has 2 rings (SSSR count). The van der Waals surface area contributed by atoms with E-state index in [0.29, 0.717) is 5.75 Å². The van der Waals surface area contributed by atoms with E-state index in [0.717, 1.165) is 10.5 Å². The molecule has 102 valence electrons. The van der Waals surface area contributed by atoms with Gasteiger partial charge in [0.25, 0.3) is 0 Å². The number of rotatable bonds is 4. The molecule has 0 N–H and O–H groups in total. The third kappa shape index (κ3) is 4.24. The van der Waals surface area contributed by atoms with Crippen LogP contribution in [0, 0.1) is 5.82 Å². The van der Waals surface area contributed by atoms with E-state index in [2.05, 4.69) is 0 Å². The predicted octanol–water partition coefficient (Wildman–Crippen LogP) is 4.51. The first kappa shape index (κ1) is 14.3. The van der Waals surface area contributed by atoms with Crippen molar-refractivity contribution in [3.8, 4) is 5.75 Å². The Kier molecular flexibility index (Phi) is 4.96. The number of halogens is 1. The Labute approximate surface area is 121 Å². The molecular weight excluding hydrogens is 275 g/mol. The second-order valence-electron chi connectivity index (χ2n) is 4.01. The van der Waals surface area contributed by atoms with E-state index in [4.69, 9.17) is 4.74 Å². The van der Waals surface area contributed by atoms with Crippen LogP contribution in [0.25, 0.3) is 6.08 Å². The van der Waals surface area contributed by atoms with Crippen molar-refractivity contribution in [2.45, 2.75) is 11.8 Å². The maximum absolute atomic E-state index is 12.8. The van der Waals surface area contributed by atoms with Crippen molar-refractivity contribution in [2.24, 2.45) is 0 Å². The van der Waals surface area contributed by atoms with Crippen LogP contribution in [0.3, 0.4) is 0 Å². The highest BCUT2D eigenvalue weighted by atomic mass is 32.2. The summed E-state index contributed by atoms with van der Waals surface area (Å²) >= 11 is 1.44. The van der Waals surface area contributed by atoms with Crippen LogP contribution in [-0.2, 0) is 4.79 Å². The summed E-state index contributed by atoms with van der Waals surface area (Å²) in [5.41, 5.74) is 0.906. The van der Waals surface area contributed by atoms with Crippen LogP contribution in [0.5, 0.6) is 5.75 Å². The second kappa shape index (κ2) is 6.91. The molecule has 0 saturated carbocycles. The number of carbonyl (C=O) groups excluding carboxylic acids is 1. The smallest absolute Gasteiger partial charge is 0.308 e. The lowest BCUT2D eigenvalue weighted by atomic mass is 10.2. The minimum Gasteiger partial charge on any atom is -0.426 e. The number of esters is 1. The number of carbonyl (C=O) groups is 1. The standard InChI is InChI=1S/C16H13FO2S/c1-12(18)19-15-4-2-3-5-16(15)20-11-10-13-6-8-14(17)9-7-13/h2-11H,1H3. The van der Waals surface area contributed by atoms with Crippen molar-refractivity contribution < 1.29 is 13.9 Å². The first-order chi connectivity index (χ1) is 9.65. The Bertz CT molecular complexity index is 621. The third-order valence-electron chi connectivity index (χ3n) is 2.43. The van der Waals surface area contributed by atoms with Crippen LogP contribution in [0.2, 0.25) is 0 Å². The summed E-state index contributed by atoms with van der Waals surface area (Å²) in [4.78, 5) is 11.9. The molecule has 0 spiro atoms. The molecule has 2 aromatic rings. The van der Waals surface area contributed by atoms with Crippen molar-refractivity contribution in [3.63, 3.8) is 0 Å². The van der Waals surface area contributed by atoms with Gasteiger partial charge in [-0.15, -0.1) is 0 Å². The molecule has 2 aromatic carbocycles. The van der Waals surface area contributed by atoms with E-state index in [9.17, 15) is 9.18 Å². The van der Waals surface area contributed by atoms with Gasteiger partial charge in [-0.1, -0.05) is 36.0 Å². The molecule has 0 heterocycles. The summed E-state index contributed by atoms with van der Waals surface area (Å²) in [6, 6.07) is 13.5. The van der Waals surface area contributed by atoms with Crippen LogP contribution in [0.15, 0.2) is 58.8 Å². The van der Waals surface area contributed by atoms with E-state index < -0.39 is 0 Å². The minimum absolute atomic E-state index is 0.255. The number of hydrogen-bond acceptors (Lipinski definition) is 3. The average Bonchev–Trinajstić information content (AvgIpc) is 2.42. The molecule has 0 aromatic heterocycles. The van der Waals surface area contributed by atoms with Crippen LogP contribution < -0.4 is 4.74 Å². The molecule has 0 fully saturated rings. The lowest BCUT2D eigenvalue weighted by molar-refractivity contribution is -0.132. The molecule has 0 bridgehead atoms. The van der Waals surface area contributed by atoms with Crippen molar-refractivity contribution in [3.05, 3.63) is 65.3 Å². The molecule has 0 aliphatic rings. The number of ether oxygens (including phenoxy) is 1. The normalized spacial score (nSPS) is 10.7. The topological polar surface area (TPSA) is 26.3 Å². The molecule has 0 unspecified atom stereocenters. The zero-order valence-corrected chi connectivity index (χ0v) is 11.7. The lowest BCUT2D eigenvalue weighted by Gasteiger charge is -2.05. The van der Waals surface area contributed by atoms with E-state index in [1.807, 2.05) is 29.7 Å². The van der Waals surface area contributed by atoms with Gasteiger partial charge in [-0.25, -0.2) is 4.39 Å². The maximum atomic E-state index is 12.8. The van der Waals surface area contributed by atoms with E-state index in [1.165, 1.54) is 30.8 Å². The van der Waals surface area contributed by atoms with E-state index in [1.54, 1.807) is 18.2 Å². The molecule has 2 nitrogen and oxygen atoms in total. The first-order valence-electron chi connectivity index (χ1n) is 6.01. The average molecular weight is 288 g/mol. The first-order valence-corrected chi connectivity index (χ1v) is 6.89. The molecule has 4 heteroatoms. The third-order valence-corrected chi connectivity index (χ3v) is 3.29. The number of benzene rings is 2. The lowest BCUT2D eigenvalue weighted by Crippen LogP contribution is -2.01. The van der Waals surface area contributed by atoms with Crippen molar-refractivity contribution in [2.75, 3.05) is 0 Å². The summed E-state index contributed by atoms with van der Waals surface area (Å²) in [7, 11) is 0. The van der Waals surface area contributed by atoms with Crippen LogP contribution in [-0.4, -0.2) is 5.97 Å². The van der Waals surface area contributed by atoms with E-state index in [-0.39, 0.29) is 11.8 Å². The van der Waals surface area contributed by atoms with Crippen molar-refractivity contribution in [1.82, 2.24) is 0 Å². The van der Waals surface area contributed by atoms with Gasteiger partial charge in [0.05, 0.1) is 4.90 Å². The Morgan fingerprint density at radius 3 is 2.55 bits per heavy atom. The summed E-state index contributed by atoms with van der Waals surface area (Å²) < 4.78 is 17.9. The number of thioether (sulfide) groups is 1. The molecule has 0 atom stereocenters. The molecule has 0 amide bonds. The second-order valence-corrected chi connectivity index (χ2v) is 4.96. The van der Waals surface area contributed by atoms with Gasteiger partial charge < -0.3 is 4.74 Å². The number of hydrogen-bond donors (Lipinski definition) is 0. The van der Waals surface area contributed by atoms with Gasteiger partial charge in [0, 0.05) is 6.92 Å². The summed E-state index contributed by atoms with van der Waals surface area (Å²) in [5.74, 6) is -0.0654. The maximum Gasteiger partial charge on any atom is 0.308 e. The van der Waals surface area contributed by atoms with Gasteiger partial charge >= 0.3 is 5.97 Å². The molecular formula is C16H13FO2S. The fourth-order valence-electron chi connectivity index (χ4n) is 1.55. The number of para-hydroxylation sites is 1. The molecule has 0 radical (unpaired) electrons. The monoisotopic (exact) mass is 288 g/mol. The summed E-state index contributed by atoms with van der Waals surface area (Å²) in [5, 5.41) is 1.87. The van der Waals surface area contributed by atoms with E-state index >= 15 is 0 Å². The van der Waals surface area contributed by atoms with Crippen molar-refractivity contribution >= 4 is 23.8 Å². The highest BCUT2D eigenvalue weighted by molar-refractivity contribution is 8.02. The zero-order valence-electron chi connectivity index (χ0n) is 10.9. The molecule has 0 aliphatic heterocycles. The van der Waals surface area contributed by atoms with Crippen LogP contribution >= 0.6 is 11.8 Å². The molecule has 0 saturated heterocycles. The fourth-order valence-corrected chi connectivity index (χ4v) is 2.30. The van der Waals surface area contributed by atoms with Crippen LogP contribution in [0.1, 0.15) is 12.5 Å². The zero-order chi connectivity index (χ0) is 14.4. The van der Waals surface area contributed by atoms with Gasteiger partial charge in [-0.2, -0.15) is 0 Å². The molecule has 20 heavy (non-hydrogen) atoms. The molecule has 0 aliphatic carbocycles. The fraction of sp³-hybridized carbons (Fsp3) is 0.0625. The van der Waals surface area contributed by atoms with Gasteiger partial charge in [0.2, 0.25) is 0 Å². The SMILES string of the molecule is CC(=O)Oc1ccccc1SC=Cc1ccc(F)cc1. The summed E-state index contributed by atoms with van der Waals surface area (Å²) in [6.45, 7) is 1.37. The largest absolute Gasteiger partial charge is 0.426 e. The van der Waals surface area contributed by atoms with Crippen LogP contribution in [0.4, 0.5) is 4.39 Å². The Morgan fingerprint density at radius 1 is 1.15 bits per heavy atom. The summed E-state index contributed by atoms with van der Waals surface area (Å²) in [6.07, 6.45) is 1.87. The van der Waals surface area contributed by atoms with Gasteiger partial charge in [-0.05, 0) is 41.3 Å². The minimum atomic E-state index is -0.347. The highest BCUT2D eigenvalue weighted by Crippen LogP contribution is 2.30. The van der Waals surface area contributed by atoms with Gasteiger partial charge in [-0.3, -0.25) is 4.79 Å². The Hall–Kier alpha value is -2.07. The Morgan fingerprint density at radius 2 is 1.85 bits per heavy atom. The van der Waals surface area contributed by atoms with Gasteiger partial charge in [0.1, 0.15) is 11.6 Å². The Balaban J connectivity index is 2.07.